The van der Waals surface area contributed by atoms with E-state index in [1.807, 2.05) is 12.1 Å². The predicted molar refractivity (Wildman–Crippen MR) is 113 cm³/mol. The van der Waals surface area contributed by atoms with Gasteiger partial charge in [-0.2, -0.15) is 13.2 Å². The number of urea groups is 1. The van der Waals surface area contributed by atoms with Gasteiger partial charge in [-0.05, 0) is 60.6 Å². The van der Waals surface area contributed by atoms with Crippen LogP contribution in [0.15, 0.2) is 36.4 Å². The van der Waals surface area contributed by atoms with Crippen molar-refractivity contribution >= 4 is 17.4 Å². The zero-order valence-electron chi connectivity index (χ0n) is 17.1. The van der Waals surface area contributed by atoms with Gasteiger partial charge in [0.25, 0.3) is 0 Å². The summed E-state index contributed by atoms with van der Waals surface area (Å²) in [6, 6.07) is 9.34. The molecule has 0 spiro atoms. The van der Waals surface area contributed by atoms with Gasteiger partial charge in [-0.1, -0.05) is 18.2 Å². The number of aliphatic hydroxyl groups is 1. The molecule has 0 radical (unpaired) electrons. The Morgan fingerprint density at radius 2 is 1.94 bits per heavy atom. The number of rotatable bonds is 4. The number of aryl methyl sites for hydroxylation is 1. The number of halogens is 3. The highest BCUT2D eigenvalue weighted by atomic mass is 19.4. The lowest BCUT2D eigenvalue weighted by Gasteiger charge is -2.24. The van der Waals surface area contributed by atoms with Crippen molar-refractivity contribution in [2.45, 2.75) is 50.9 Å². The molecule has 8 heteroatoms. The molecule has 2 amide bonds. The summed E-state index contributed by atoms with van der Waals surface area (Å²) in [4.78, 5) is 14.2. The van der Waals surface area contributed by atoms with Gasteiger partial charge >= 0.3 is 12.2 Å². The van der Waals surface area contributed by atoms with E-state index in [0.29, 0.717) is 37.2 Å². The molecule has 2 aliphatic rings. The third-order valence-electron chi connectivity index (χ3n) is 5.97. The minimum absolute atomic E-state index is 0.0210. The van der Waals surface area contributed by atoms with Crippen molar-refractivity contribution < 1.29 is 23.1 Å². The zero-order chi connectivity index (χ0) is 22.0. The topological polar surface area (TPSA) is 64.6 Å². The summed E-state index contributed by atoms with van der Waals surface area (Å²) in [5.74, 6) is 0. The number of alkyl halides is 3. The molecule has 2 aromatic rings. The quantitative estimate of drug-likeness (QED) is 0.666. The Bertz CT molecular complexity index is 956. The Morgan fingerprint density at radius 1 is 1.16 bits per heavy atom. The lowest BCUT2D eigenvalue weighted by molar-refractivity contribution is -0.137. The Kier molecular flexibility index (Phi) is 6.09. The van der Waals surface area contributed by atoms with E-state index in [2.05, 4.69) is 10.6 Å². The van der Waals surface area contributed by atoms with E-state index in [9.17, 15) is 23.1 Å². The smallest absolute Gasteiger partial charge is 0.393 e. The van der Waals surface area contributed by atoms with Crippen LogP contribution in [-0.2, 0) is 25.6 Å². The minimum Gasteiger partial charge on any atom is -0.393 e. The van der Waals surface area contributed by atoms with Crippen LogP contribution in [0.5, 0.6) is 0 Å². The number of hydrogen-bond donors (Lipinski definition) is 3. The molecule has 0 saturated carbocycles. The molecule has 1 unspecified atom stereocenters. The average molecular weight is 433 g/mol. The largest absolute Gasteiger partial charge is 0.418 e. The fourth-order valence-corrected chi connectivity index (χ4v) is 4.39. The highest BCUT2D eigenvalue weighted by molar-refractivity contribution is 5.90. The molecule has 1 aliphatic heterocycles. The number of anilines is 2. The molecule has 1 fully saturated rings. The number of aliphatic hydroxyl groups excluding tert-OH is 1. The van der Waals surface area contributed by atoms with Gasteiger partial charge < -0.3 is 20.6 Å². The van der Waals surface area contributed by atoms with Crippen LogP contribution in [0.25, 0.3) is 0 Å². The van der Waals surface area contributed by atoms with Gasteiger partial charge in [-0.15, -0.1) is 0 Å². The molecule has 2 aromatic carbocycles. The van der Waals surface area contributed by atoms with Crippen LogP contribution in [0, 0.1) is 0 Å². The molecule has 5 nitrogen and oxygen atoms in total. The molecular weight excluding hydrogens is 407 g/mol. The first-order chi connectivity index (χ1) is 14.8. The van der Waals surface area contributed by atoms with Crippen LogP contribution in [0.1, 0.15) is 41.5 Å². The van der Waals surface area contributed by atoms with E-state index >= 15 is 0 Å². The number of carbonyl (C=O) groups excluding carboxylic acids is 1. The van der Waals surface area contributed by atoms with Gasteiger partial charge in [0.1, 0.15) is 0 Å². The Hall–Kier alpha value is -2.74. The fourth-order valence-electron chi connectivity index (χ4n) is 4.39. The molecule has 0 bridgehead atoms. The second kappa shape index (κ2) is 8.78. The van der Waals surface area contributed by atoms with Gasteiger partial charge in [-0.3, -0.25) is 0 Å². The van der Waals surface area contributed by atoms with Crippen LogP contribution in [-0.4, -0.2) is 30.3 Å². The number of nitrogens with zero attached hydrogens (tertiary/aromatic N) is 1. The lowest BCUT2D eigenvalue weighted by atomic mass is 9.88. The summed E-state index contributed by atoms with van der Waals surface area (Å²) in [5.41, 5.74) is 2.54. The maximum atomic E-state index is 13.6. The number of fused-ring (bicyclic) bond motifs is 1. The number of nitrogens with one attached hydrogen (secondary N) is 2. The summed E-state index contributed by atoms with van der Waals surface area (Å²) >= 11 is 0. The summed E-state index contributed by atoms with van der Waals surface area (Å²) in [6.45, 7) is 1.23. The molecule has 1 saturated heterocycles. The van der Waals surface area contributed by atoms with Crippen molar-refractivity contribution in [2.75, 3.05) is 23.3 Å². The van der Waals surface area contributed by atoms with Crippen molar-refractivity contribution in [3.8, 4) is 0 Å². The summed E-state index contributed by atoms with van der Waals surface area (Å²) in [7, 11) is 0. The maximum absolute atomic E-state index is 13.6. The predicted octanol–water partition coefficient (Wildman–Crippen LogP) is 4.48. The van der Waals surface area contributed by atoms with E-state index in [-0.39, 0.29) is 12.2 Å². The molecular formula is C23H26F3N3O2. The van der Waals surface area contributed by atoms with Gasteiger partial charge in [0, 0.05) is 37.4 Å². The highest BCUT2D eigenvalue weighted by Crippen LogP contribution is 2.38. The molecule has 0 aromatic heterocycles. The van der Waals surface area contributed by atoms with E-state index in [1.54, 1.807) is 17.0 Å². The highest BCUT2D eigenvalue weighted by Gasteiger charge is 2.35. The third kappa shape index (κ3) is 4.95. The van der Waals surface area contributed by atoms with Gasteiger partial charge in [0.05, 0.1) is 11.7 Å². The molecule has 1 atom stereocenters. The number of benzene rings is 2. The first kappa shape index (κ1) is 21.5. The van der Waals surface area contributed by atoms with Gasteiger partial charge in [-0.25, -0.2) is 4.79 Å². The van der Waals surface area contributed by atoms with Gasteiger partial charge in [0.2, 0.25) is 0 Å². The molecule has 1 heterocycles. The van der Waals surface area contributed by atoms with E-state index in [4.69, 9.17) is 0 Å². The van der Waals surface area contributed by atoms with Crippen molar-refractivity contribution in [3.63, 3.8) is 0 Å². The Labute approximate surface area is 179 Å². The van der Waals surface area contributed by atoms with Crippen LogP contribution in [0.3, 0.4) is 0 Å². The van der Waals surface area contributed by atoms with Crippen molar-refractivity contribution in [3.05, 3.63) is 58.7 Å². The van der Waals surface area contributed by atoms with Crippen molar-refractivity contribution in [2.24, 2.45) is 0 Å². The molecule has 3 N–H and O–H groups in total. The van der Waals surface area contributed by atoms with E-state index < -0.39 is 23.9 Å². The van der Waals surface area contributed by atoms with Crippen LogP contribution in [0.4, 0.5) is 29.3 Å². The standard InChI is InChI=1S/C23H26F3N3O2/c24-23(25,26)19-12-15(6-9-21(19)29-10-1-2-11-29)14-27-22(31)28-20-5-3-4-16-7-8-17(30)13-18(16)20/h3-6,9,12,17,30H,1-2,7-8,10-11,13-14H2,(H2,27,28,31). The molecule has 166 valence electrons. The Balaban J connectivity index is 1.44. The fraction of sp³-hybridized carbons (Fsp3) is 0.435. The summed E-state index contributed by atoms with van der Waals surface area (Å²) < 4.78 is 40.8. The van der Waals surface area contributed by atoms with Crippen molar-refractivity contribution in [1.82, 2.24) is 5.32 Å². The molecule has 4 rings (SSSR count). The van der Waals surface area contributed by atoms with Crippen molar-refractivity contribution in [1.29, 1.82) is 0 Å². The third-order valence-corrected chi connectivity index (χ3v) is 5.97. The summed E-state index contributed by atoms with van der Waals surface area (Å²) in [5, 5.41) is 15.3. The number of carbonyl (C=O) groups is 1. The second-order valence-corrected chi connectivity index (χ2v) is 8.19. The van der Waals surface area contributed by atoms with E-state index in [1.165, 1.54) is 6.07 Å². The first-order valence-electron chi connectivity index (χ1n) is 10.6. The van der Waals surface area contributed by atoms with Crippen LogP contribution >= 0.6 is 0 Å². The molecule has 31 heavy (non-hydrogen) atoms. The normalized spacial score (nSPS) is 18.6. The van der Waals surface area contributed by atoms with Crippen LogP contribution < -0.4 is 15.5 Å². The average Bonchev–Trinajstić information content (AvgIpc) is 3.27. The molecule has 1 aliphatic carbocycles. The monoisotopic (exact) mass is 433 g/mol. The second-order valence-electron chi connectivity index (χ2n) is 8.19. The first-order valence-corrected chi connectivity index (χ1v) is 10.6. The Morgan fingerprint density at radius 3 is 2.68 bits per heavy atom. The van der Waals surface area contributed by atoms with E-state index in [0.717, 1.165) is 36.5 Å². The zero-order valence-corrected chi connectivity index (χ0v) is 17.1. The number of hydrogen-bond acceptors (Lipinski definition) is 3. The maximum Gasteiger partial charge on any atom is 0.418 e. The minimum atomic E-state index is -4.46. The number of amides is 2. The SMILES string of the molecule is O=C(NCc1ccc(N2CCCC2)c(C(F)(F)F)c1)Nc1cccc2c1CC(O)CC2. The summed E-state index contributed by atoms with van der Waals surface area (Å²) in [6.07, 6.45) is -1.20. The lowest BCUT2D eigenvalue weighted by Crippen LogP contribution is -2.30. The van der Waals surface area contributed by atoms with Gasteiger partial charge in [0.15, 0.2) is 0 Å². The van der Waals surface area contributed by atoms with Crippen LogP contribution in [0.2, 0.25) is 0 Å².